The van der Waals surface area contributed by atoms with E-state index in [4.69, 9.17) is 0 Å². The van der Waals surface area contributed by atoms with Crippen molar-refractivity contribution in [1.82, 2.24) is 10.3 Å². The van der Waals surface area contributed by atoms with E-state index >= 15 is 0 Å². The second-order valence-corrected chi connectivity index (χ2v) is 5.83. The fourth-order valence-corrected chi connectivity index (χ4v) is 3.53. The Kier molecular flexibility index (Phi) is 4.31. The minimum absolute atomic E-state index is 0.299. The van der Waals surface area contributed by atoms with E-state index in [1.807, 2.05) is 12.3 Å². The molecule has 2 rings (SSSR count). The molecule has 0 aromatic carbocycles. The molecule has 2 aromatic heterocycles. The van der Waals surface area contributed by atoms with Gasteiger partial charge in [-0.15, -0.1) is 11.3 Å². The molecule has 0 bridgehead atoms. The third kappa shape index (κ3) is 3.15. The van der Waals surface area contributed by atoms with E-state index < -0.39 is 0 Å². The summed E-state index contributed by atoms with van der Waals surface area (Å²) in [5.41, 5.74) is 1.21. The van der Waals surface area contributed by atoms with Gasteiger partial charge in [-0.3, -0.25) is 4.98 Å². The van der Waals surface area contributed by atoms with E-state index in [-0.39, 0.29) is 0 Å². The Bertz CT molecular complexity index is 469. The topological polar surface area (TPSA) is 24.9 Å². The summed E-state index contributed by atoms with van der Waals surface area (Å²) in [5, 5.41) is 5.68. The minimum Gasteiger partial charge on any atom is -0.303 e. The quantitative estimate of drug-likeness (QED) is 0.909. The fraction of sp³-hybridized carbons (Fsp3) is 0.308. The van der Waals surface area contributed by atoms with Crippen LogP contribution in [-0.4, -0.2) is 4.98 Å². The lowest BCUT2D eigenvalue weighted by Gasteiger charge is -2.19. The smallest absolute Gasteiger partial charge is 0.0402 e. The highest BCUT2D eigenvalue weighted by Crippen LogP contribution is 2.30. The maximum atomic E-state index is 4.15. The van der Waals surface area contributed by atoms with Crippen molar-refractivity contribution >= 4 is 27.3 Å². The van der Waals surface area contributed by atoms with Crippen LogP contribution < -0.4 is 5.32 Å². The van der Waals surface area contributed by atoms with Crippen molar-refractivity contribution in [3.8, 4) is 0 Å². The minimum atomic E-state index is 0.299. The molecule has 2 aromatic rings. The van der Waals surface area contributed by atoms with Gasteiger partial charge in [0.2, 0.25) is 0 Å². The number of hydrogen-bond acceptors (Lipinski definition) is 3. The average Bonchev–Trinajstić information content (AvgIpc) is 2.76. The van der Waals surface area contributed by atoms with Crippen molar-refractivity contribution in [3.05, 3.63) is 50.9 Å². The standard InChI is InChI=1S/C13H15BrN2S/c1-9(11-4-3-6-15-8-11)16-10(2)13-12(14)5-7-17-13/h3-10,16H,1-2H3/t9-,10?/m0/s1. The molecule has 0 saturated carbocycles. The third-order valence-corrected chi connectivity index (χ3v) is 4.78. The third-order valence-electron chi connectivity index (χ3n) is 2.72. The summed E-state index contributed by atoms with van der Waals surface area (Å²) in [7, 11) is 0. The summed E-state index contributed by atoms with van der Waals surface area (Å²) in [6, 6.07) is 6.79. The number of rotatable bonds is 4. The van der Waals surface area contributed by atoms with Crippen LogP contribution in [0.3, 0.4) is 0 Å². The molecule has 0 radical (unpaired) electrons. The lowest BCUT2D eigenvalue weighted by atomic mass is 10.1. The lowest BCUT2D eigenvalue weighted by Crippen LogP contribution is -2.22. The predicted octanol–water partition coefficient (Wildman–Crippen LogP) is 4.32. The van der Waals surface area contributed by atoms with E-state index in [0.29, 0.717) is 12.1 Å². The van der Waals surface area contributed by atoms with Gasteiger partial charge in [0.15, 0.2) is 0 Å². The van der Waals surface area contributed by atoms with E-state index in [9.17, 15) is 0 Å². The number of pyridine rings is 1. The normalized spacial score (nSPS) is 14.5. The second kappa shape index (κ2) is 5.76. The molecule has 1 N–H and O–H groups in total. The van der Waals surface area contributed by atoms with Gasteiger partial charge < -0.3 is 5.32 Å². The van der Waals surface area contributed by atoms with Gasteiger partial charge in [-0.1, -0.05) is 6.07 Å². The monoisotopic (exact) mass is 310 g/mol. The van der Waals surface area contributed by atoms with Crippen LogP contribution in [0.1, 0.15) is 36.4 Å². The number of aromatic nitrogens is 1. The molecular formula is C13H15BrN2S. The zero-order chi connectivity index (χ0) is 12.3. The molecule has 2 atom stereocenters. The Morgan fingerprint density at radius 1 is 1.29 bits per heavy atom. The van der Waals surface area contributed by atoms with Gasteiger partial charge in [0.05, 0.1) is 0 Å². The van der Waals surface area contributed by atoms with Crippen LogP contribution in [0.15, 0.2) is 40.4 Å². The highest BCUT2D eigenvalue weighted by atomic mass is 79.9. The summed E-state index contributed by atoms with van der Waals surface area (Å²) in [6.07, 6.45) is 3.71. The molecule has 0 saturated heterocycles. The lowest BCUT2D eigenvalue weighted by molar-refractivity contribution is 0.498. The molecule has 90 valence electrons. The first-order valence-electron chi connectivity index (χ1n) is 5.57. The first-order valence-corrected chi connectivity index (χ1v) is 7.24. The number of halogens is 1. The molecule has 2 nitrogen and oxygen atoms in total. The fourth-order valence-electron chi connectivity index (χ4n) is 1.79. The van der Waals surface area contributed by atoms with Crippen molar-refractivity contribution < 1.29 is 0 Å². The Hall–Kier alpha value is -0.710. The summed E-state index contributed by atoms with van der Waals surface area (Å²) in [4.78, 5) is 5.48. The summed E-state index contributed by atoms with van der Waals surface area (Å²) >= 11 is 5.34. The highest BCUT2D eigenvalue weighted by Gasteiger charge is 2.14. The first-order chi connectivity index (χ1) is 8.18. The van der Waals surface area contributed by atoms with Gasteiger partial charge in [-0.2, -0.15) is 0 Å². The van der Waals surface area contributed by atoms with Gasteiger partial charge in [0.1, 0.15) is 0 Å². The maximum absolute atomic E-state index is 4.15. The summed E-state index contributed by atoms with van der Waals surface area (Å²) < 4.78 is 1.18. The van der Waals surface area contributed by atoms with Gasteiger partial charge in [0.25, 0.3) is 0 Å². The number of thiophene rings is 1. The Morgan fingerprint density at radius 3 is 2.71 bits per heavy atom. The molecule has 1 unspecified atom stereocenters. The molecule has 0 spiro atoms. The summed E-state index contributed by atoms with van der Waals surface area (Å²) in [5.74, 6) is 0. The van der Waals surface area contributed by atoms with Crippen molar-refractivity contribution in [1.29, 1.82) is 0 Å². The van der Waals surface area contributed by atoms with Gasteiger partial charge in [-0.05, 0) is 52.9 Å². The largest absolute Gasteiger partial charge is 0.303 e. The highest BCUT2D eigenvalue weighted by molar-refractivity contribution is 9.10. The Labute approximate surface area is 114 Å². The average molecular weight is 311 g/mol. The molecule has 0 amide bonds. The number of hydrogen-bond donors (Lipinski definition) is 1. The van der Waals surface area contributed by atoms with Crippen LogP contribution >= 0.6 is 27.3 Å². The summed E-state index contributed by atoms with van der Waals surface area (Å²) in [6.45, 7) is 4.35. The van der Waals surface area contributed by atoms with Crippen LogP contribution in [0.4, 0.5) is 0 Å². The molecule has 4 heteroatoms. The van der Waals surface area contributed by atoms with Crippen LogP contribution in [0.5, 0.6) is 0 Å². The van der Waals surface area contributed by atoms with Crippen molar-refractivity contribution in [2.45, 2.75) is 25.9 Å². The molecule has 0 aliphatic rings. The van der Waals surface area contributed by atoms with E-state index in [2.05, 4.69) is 57.6 Å². The van der Waals surface area contributed by atoms with Crippen LogP contribution in [0.2, 0.25) is 0 Å². The molecule has 2 heterocycles. The zero-order valence-corrected chi connectivity index (χ0v) is 12.3. The molecule has 17 heavy (non-hydrogen) atoms. The Balaban J connectivity index is 2.05. The molecule has 0 aliphatic carbocycles. The number of nitrogens with one attached hydrogen (secondary N) is 1. The zero-order valence-electron chi connectivity index (χ0n) is 9.85. The van der Waals surface area contributed by atoms with Crippen LogP contribution in [0, 0.1) is 0 Å². The van der Waals surface area contributed by atoms with Crippen molar-refractivity contribution in [2.24, 2.45) is 0 Å². The first kappa shape index (κ1) is 12.7. The molecular weight excluding hydrogens is 296 g/mol. The van der Waals surface area contributed by atoms with E-state index in [1.165, 1.54) is 14.9 Å². The van der Waals surface area contributed by atoms with Crippen LogP contribution in [-0.2, 0) is 0 Å². The van der Waals surface area contributed by atoms with Gasteiger partial charge in [0, 0.05) is 33.8 Å². The molecule has 0 aliphatic heterocycles. The van der Waals surface area contributed by atoms with E-state index in [1.54, 1.807) is 17.5 Å². The van der Waals surface area contributed by atoms with Crippen molar-refractivity contribution in [2.75, 3.05) is 0 Å². The van der Waals surface area contributed by atoms with Crippen LogP contribution in [0.25, 0.3) is 0 Å². The number of nitrogens with zero attached hydrogens (tertiary/aromatic N) is 1. The predicted molar refractivity (Wildman–Crippen MR) is 76.2 cm³/mol. The van der Waals surface area contributed by atoms with Crippen molar-refractivity contribution in [3.63, 3.8) is 0 Å². The Morgan fingerprint density at radius 2 is 2.12 bits per heavy atom. The molecule has 0 fully saturated rings. The van der Waals surface area contributed by atoms with E-state index in [0.717, 1.165) is 0 Å². The SMILES string of the molecule is CC(N[C@@H](C)c1cccnc1)c1sccc1Br. The van der Waals surface area contributed by atoms with Gasteiger partial charge >= 0.3 is 0 Å². The van der Waals surface area contributed by atoms with Gasteiger partial charge in [-0.25, -0.2) is 0 Å². The second-order valence-electron chi connectivity index (χ2n) is 4.03. The maximum Gasteiger partial charge on any atom is 0.0402 e.